The predicted molar refractivity (Wildman–Crippen MR) is 176 cm³/mol. The molecule has 3 rings (SSSR count). The van der Waals surface area contributed by atoms with Crippen molar-refractivity contribution in [3.63, 3.8) is 0 Å². The number of unbranched alkanes of at least 4 members (excludes halogenated alkanes) is 6. The number of hydrogen-bond donors (Lipinski definition) is 4. The highest BCUT2D eigenvalue weighted by molar-refractivity contribution is 5.45. The van der Waals surface area contributed by atoms with Crippen LogP contribution in [0.5, 0.6) is 0 Å². The van der Waals surface area contributed by atoms with Crippen molar-refractivity contribution in [2.24, 2.45) is 0 Å². The third-order valence-corrected chi connectivity index (χ3v) is 8.58. The van der Waals surface area contributed by atoms with Gasteiger partial charge in [0.2, 0.25) is 17.8 Å². The predicted octanol–water partition coefficient (Wildman–Crippen LogP) is 7.28. The van der Waals surface area contributed by atoms with Crippen LogP contribution < -0.4 is 26.2 Å². The van der Waals surface area contributed by atoms with E-state index in [-0.39, 0.29) is 22.2 Å². The lowest BCUT2D eigenvalue weighted by Gasteiger charge is -2.49. The summed E-state index contributed by atoms with van der Waals surface area (Å²) in [5.41, 5.74) is 0.202. The van der Waals surface area contributed by atoms with E-state index in [1.165, 1.54) is 32.1 Å². The topological polar surface area (TPSA) is 90.0 Å². The first-order valence-corrected chi connectivity index (χ1v) is 16.7. The maximum Gasteiger partial charge on any atom is 0.232 e. The minimum absolute atomic E-state index is 0.0492. The number of anilines is 3. The molecule has 4 N–H and O–H groups in total. The van der Waals surface area contributed by atoms with Crippen LogP contribution in [0.1, 0.15) is 146 Å². The molecule has 0 aliphatic carbocycles. The van der Waals surface area contributed by atoms with Gasteiger partial charge in [-0.2, -0.15) is 15.0 Å². The minimum Gasteiger partial charge on any atom is -0.354 e. The highest BCUT2D eigenvalue weighted by atomic mass is 15.3. The third-order valence-electron chi connectivity index (χ3n) is 8.58. The van der Waals surface area contributed by atoms with E-state index < -0.39 is 0 Å². The zero-order valence-electron chi connectivity index (χ0n) is 28.3. The lowest BCUT2D eigenvalue weighted by Crippen LogP contribution is -2.62. The van der Waals surface area contributed by atoms with E-state index in [1.807, 2.05) is 0 Å². The summed E-state index contributed by atoms with van der Waals surface area (Å²) >= 11 is 0. The van der Waals surface area contributed by atoms with Gasteiger partial charge < -0.3 is 26.2 Å². The first-order chi connectivity index (χ1) is 19.1. The Morgan fingerprint density at radius 2 is 1.17 bits per heavy atom. The summed E-state index contributed by atoms with van der Waals surface area (Å²) in [6, 6.07) is 0.662. The van der Waals surface area contributed by atoms with E-state index >= 15 is 0 Å². The molecule has 0 saturated carbocycles. The Morgan fingerprint density at radius 1 is 0.659 bits per heavy atom. The average molecular weight is 573 g/mol. The summed E-state index contributed by atoms with van der Waals surface area (Å²) in [5, 5.41) is 15.0. The Kier molecular flexibility index (Phi) is 11.7. The van der Waals surface area contributed by atoms with Gasteiger partial charge in [0.25, 0.3) is 0 Å². The standard InChI is InChI=1S/C33H64N8/c1-11-13-15-16-17-18-19-34-27-36-28(35-25-21-30(3,4)39-31(5,6)22-25)38-29(37-27)41(20-14-12-2)26-23-32(7,8)40-33(9,10)24-26/h25-26,39-40H,11-24H2,1-10H3,(H2,34,35,36,37,38). The molecular weight excluding hydrogens is 508 g/mol. The second kappa shape index (κ2) is 14.2. The van der Waals surface area contributed by atoms with E-state index in [4.69, 9.17) is 15.0 Å². The van der Waals surface area contributed by atoms with Crippen molar-refractivity contribution in [3.8, 4) is 0 Å². The van der Waals surface area contributed by atoms with Crippen LogP contribution in [-0.4, -0.2) is 62.3 Å². The number of hydrogen-bond acceptors (Lipinski definition) is 8. The molecule has 2 aliphatic rings. The Hall–Kier alpha value is -1.67. The van der Waals surface area contributed by atoms with E-state index in [9.17, 15) is 0 Å². The van der Waals surface area contributed by atoms with Gasteiger partial charge in [0.1, 0.15) is 0 Å². The second-order valence-corrected chi connectivity index (χ2v) is 15.6. The minimum atomic E-state index is 0.0492. The Morgan fingerprint density at radius 3 is 1.76 bits per heavy atom. The molecule has 0 spiro atoms. The normalized spacial score (nSPS) is 21.9. The van der Waals surface area contributed by atoms with E-state index in [0.29, 0.717) is 24.0 Å². The van der Waals surface area contributed by atoms with Gasteiger partial charge in [-0.05, 0) is 93.9 Å². The molecule has 0 amide bonds. The summed E-state index contributed by atoms with van der Waals surface area (Å²) in [6.07, 6.45) is 14.1. The summed E-state index contributed by atoms with van der Waals surface area (Å²) in [4.78, 5) is 17.6. The molecular formula is C33H64N8. The summed E-state index contributed by atoms with van der Waals surface area (Å²) in [5.74, 6) is 2.22. The fourth-order valence-corrected chi connectivity index (χ4v) is 7.61. The molecule has 0 aromatic carbocycles. The fraction of sp³-hybridized carbons (Fsp3) is 0.909. The van der Waals surface area contributed by atoms with Crippen molar-refractivity contribution in [1.82, 2.24) is 25.6 Å². The number of rotatable bonds is 15. The molecule has 41 heavy (non-hydrogen) atoms. The molecule has 2 saturated heterocycles. The van der Waals surface area contributed by atoms with Crippen molar-refractivity contribution in [2.45, 2.75) is 181 Å². The van der Waals surface area contributed by atoms with Gasteiger partial charge in [-0.3, -0.25) is 0 Å². The smallest absolute Gasteiger partial charge is 0.232 e. The monoisotopic (exact) mass is 573 g/mol. The molecule has 0 bridgehead atoms. The van der Waals surface area contributed by atoms with Gasteiger partial charge in [0.15, 0.2) is 0 Å². The molecule has 0 unspecified atom stereocenters. The highest BCUT2D eigenvalue weighted by Crippen LogP contribution is 2.34. The summed E-state index contributed by atoms with van der Waals surface area (Å²) in [7, 11) is 0. The van der Waals surface area contributed by atoms with Crippen LogP contribution in [0.2, 0.25) is 0 Å². The molecule has 8 nitrogen and oxygen atoms in total. The Bertz CT molecular complexity index is 909. The van der Waals surface area contributed by atoms with Gasteiger partial charge in [0, 0.05) is 47.3 Å². The summed E-state index contributed by atoms with van der Waals surface area (Å²) < 4.78 is 0. The lowest BCUT2D eigenvalue weighted by molar-refractivity contribution is 0.158. The molecule has 0 atom stereocenters. The van der Waals surface area contributed by atoms with Crippen molar-refractivity contribution < 1.29 is 0 Å². The quantitative estimate of drug-likeness (QED) is 0.163. The molecule has 3 heterocycles. The van der Waals surface area contributed by atoms with Gasteiger partial charge in [0.05, 0.1) is 0 Å². The summed E-state index contributed by atoms with van der Waals surface area (Å²) in [6.45, 7) is 24.9. The SMILES string of the molecule is CCCCCCCCNc1nc(NC2CC(C)(C)NC(C)(C)C2)nc(N(CCCC)C2CC(C)(C)NC(C)(C)C2)n1. The van der Waals surface area contributed by atoms with Gasteiger partial charge in [-0.15, -0.1) is 0 Å². The maximum atomic E-state index is 5.14. The Labute approximate surface area is 252 Å². The maximum absolute atomic E-state index is 5.14. The molecule has 8 heteroatoms. The molecule has 1 aromatic heterocycles. The molecule has 0 radical (unpaired) electrons. The van der Waals surface area contributed by atoms with Crippen molar-refractivity contribution in [1.29, 1.82) is 0 Å². The molecule has 2 aliphatic heterocycles. The zero-order valence-corrected chi connectivity index (χ0v) is 28.3. The van der Waals surface area contributed by atoms with Gasteiger partial charge in [-0.1, -0.05) is 52.4 Å². The van der Waals surface area contributed by atoms with Crippen molar-refractivity contribution >= 4 is 17.8 Å². The van der Waals surface area contributed by atoms with Crippen molar-refractivity contribution in [3.05, 3.63) is 0 Å². The number of nitrogens with zero attached hydrogens (tertiary/aromatic N) is 4. The van der Waals surface area contributed by atoms with Crippen LogP contribution in [-0.2, 0) is 0 Å². The fourth-order valence-electron chi connectivity index (χ4n) is 7.61. The van der Waals surface area contributed by atoms with E-state index in [1.54, 1.807) is 0 Å². The average Bonchev–Trinajstić information content (AvgIpc) is 2.79. The number of nitrogens with one attached hydrogen (secondary N) is 4. The number of aromatic nitrogens is 3. The van der Waals surface area contributed by atoms with Crippen LogP contribution in [0, 0.1) is 0 Å². The van der Waals surface area contributed by atoms with E-state index in [0.717, 1.165) is 64.0 Å². The van der Waals surface area contributed by atoms with Crippen LogP contribution in [0.4, 0.5) is 17.8 Å². The van der Waals surface area contributed by atoms with Gasteiger partial charge in [-0.25, -0.2) is 0 Å². The molecule has 2 fully saturated rings. The first kappa shape index (κ1) is 33.8. The van der Waals surface area contributed by atoms with Crippen LogP contribution >= 0.6 is 0 Å². The Balaban J connectivity index is 1.88. The third kappa shape index (κ3) is 11.2. The lowest BCUT2D eigenvalue weighted by atomic mass is 9.79. The first-order valence-electron chi connectivity index (χ1n) is 16.7. The van der Waals surface area contributed by atoms with Crippen LogP contribution in [0.25, 0.3) is 0 Å². The van der Waals surface area contributed by atoms with Gasteiger partial charge >= 0.3 is 0 Å². The molecule has 236 valence electrons. The second-order valence-electron chi connectivity index (χ2n) is 15.6. The van der Waals surface area contributed by atoms with Crippen molar-refractivity contribution in [2.75, 3.05) is 28.6 Å². The van der Waals surface area contributed by atoms with Crippen LogP contribution in [0.15, 0.2) is 0 Å². The van der Waals surface area contributed by atoms with E-state index in [2.05, 4.69) is 95.4 Å². The highest BCUT2D eigenvalue weighted by Gasteiger charge is 2.41. The zero-order chi connectivity index (χ0) is 30.3. The van der Waals surface area contributed by atoms with Crippen LogP contribution in [0.3, 0.4) is 0 Å². The molecule has 1 aromatic rings. The largest absolute Gasteiger partial charge is 0.354 e. The number of piperidine rings is 2.